The lowest BCUT2D eigenvalue weighted by Gasteiger charge is -2.20. The molecule has 2 aromatic heterocycles. The van der Waals surface area contributed by atoms with E-state index in [-0.39, 0.29) is 24.3 Å². The van der Waals surface area contributed by atoms with Gasteiger partial charge in [0.15, 0.2) is 11.5 Å². The number of rotatable bonds is 6. The van der Waals surface area contributed by atoms with Crippen molar-refractivity contribution in [3.8, 4) is 0 Å². The number of anilines is 1. The van der Waals surface area contributed by atoms with Crippen LogP contribution in [-0.2, 0) is 4.79 Å². The number of unbranched alkanes of at least 4 members (excludes halogenated alkanes) is 1. The van der Waals surface area contributed by atoms with Gasteiger partial charge in [-0.15, -0.1) is 0 Å². The van der Waals surface area contributed by atoms with Crippen LogP contribution >= 0.6 is 0 Å². The molecule has 0 radical (unpaired) electrons. The quantitative estimate of drug-likeness (QED) is 0.464. The molecule has 3 heterocycles. The van der Waals surface area contributed by atoms with Crippen LogP contribution < -0.4 is 17.2 Å². The molecule has 10 heteroatoms. The molecule has 0 aromatic carbocycles. The van der Waals surface area contributed by atoms with Gasteiger partial charge in [-0.25, -0.2) is 15.0 Å². The summed E-state index contributed by atoms with van der Waals surface area (Å²) in [6, 6.07) is -0.922. The summed E-state index contributed by atoms with van der Waals surface area (Å²) in [6.07, 6.45) is 4.44. The molecule has 1 aliphatic heterocycles. The number of hydrogen-bond donors (Lipinski definition) is 4. The molecule has 7 N–H and O–H groups in total. The topological polar surface area (TPSA) is 162 Å². The lowest BCUT2D eigenvalue weighted by atomic mass is 10.1. The first-order chi connectivity index (χ1) is 12.0. The first kappa shape index (κ1) is 17.5. The highest BCUT2D eigenvalue weighted by Crippen LogP contribution is 2.27. The summed E-state index contributed by atoms with van der Waals surface area (Å²) in [5, 5.41) is 10.4. The maximum atomic E-state index is 12.5. The van der Waals surface area contributed by atoms with E-state index in [2.05, 4.69) is 15.0 Å². The van der Waals surface area contributed by atoms with Crippen LogP contribution in [0.25, 0.3) is 11.2 Å². The Morgan fingerprint density at radius 2 is 2.12 bits per heavy atom. The number of nitrogen functional groups attached to an aromatic ring is 1. The third-order valence-electron chi connectivity index (χ3n) is 4.60. The van der Waals surface area contributed by atoms with Crippen molar-refractivity contribution >= 4 is 22.9 Å². The van der Waals surface area contributed by atoms with Gasteiger partial charge in [0.25, 0.3) is 0 Å². The molecule has 2 aromatic rings. The smallest absolute Gasteiger partial charge is 0.239 e. The van der Waals surface area contributed by atoms with Crippen molar-refractivity contribution in [3.05, 3.63) is 12.7 Å². The molecule has 136 valence electrons. The number of aliphatic hydroxyl groups excluding tert-OH is 1. The Morgan fingerprint density at radius 3 is 2.88 bits per heavy atom. The van der Waals surface area contributed by atoms with Crippen LogP contribution in [0, 0.1) is 0 Å². The predicted molar refractivity (Wildman–Crippen MR) is 92.2 cm³/mol. The number of imidazole rings is 1. The second kappa shape index (κ2) is 7.30. The van der Waals surface area contributed by atoms with Gasteiger partial charge < -0.3 is 31.8 Å². The van der Waals surface area contributed by atoms with E-state index >= 15 is 0 Å². The van der Waals surface area contributed by atoms with Gasteiger partial charge >= 0.3 is 0 Å². The molecule has 1 amide bonds. The third kappa shape index (κ3) is 3.41. The Bertz CT molecular complexity index is 748. The minimum atomic E-state index is -0.728. The van der Waals surface area contributed by atoms with E-state index in [4.69, 9.17) is 17.2 Å². The molecule has 3 atom stereocenters. The van der Waals surface area contributed by atoms with Gasteiger partial charge in [0.2, 0.25) is 5.91 Å². The van der Waals surface area contributed by atoms with E-state index in [1.165, 1.54) is 6.33 Å². The van der Waals surface area contributed by atoms with E-state index in [9.17, 15) is 9.90 Å². The summed E-state index contributed by atoms with van der Waals surface area (Å²) in [5.41, 5.74) is 18.3. The molecule has 1 aliphatic rings. The normalized spacial score (nSPS) is 21.8. The number of aromatic nitrogens is 4. The zero-order chi connectivity index (χ0) is 18.0. The molecule has 0 spiro atoms. The second-order valence-electron chi connectivity index (χ2n) is 6.35. The highest BCUT2D eigenvalue weighted by molar-refractivity contribution is 5.83. The molecule has 3 rings (SSSR count). The molecule has 1 saturated heterocycles. The summed E-state index contributed by atoms with van der Waals surface area (Å²) in [4.78, 5) is 26.4. The van der Waals surface area contributed by atoms with Gasteiger partial charge in [0.1, 0.15) is 11.8 Å². The lowest BCUT2D eigenvalue weighted by molar-refractivity contribution is -0.132. The van der Waals surface area contributed by atoms with E-state index in [1.54, 1.807) is 15.8 Å². The summed E-state index contributed by atoms with van der Waals surface area (Å²) in [7, 11) is 0. The van der Waals surface area contributed by atoms with Crippen molar-refractivity contribution < 1.29 is 9.90 Å². The van der Waals surface area contributed by atoms with E-state index in [0.717, 1.165) is 12.8 Å². The minimum Gasteiger partial charge on any atom is -0.389 e. The Balaban J connectivity index is 1.72. The fourth-order valence-electron chi connectivity index (χ4n) is 3.20. The zero-order valence-corrected chi connectivity index (χ0v) is 14.0. The van der Waals surface area contributed by atoms with Crippen molar-refractivity contribution in [2.24, 2.45) is 11.5 Å². The van der Waals surface area contributed by atoms with Crippen molar-refractivity contribution in [3.63, 3.8) is 0 Å². The molecule has 0 bridgehead atoms. The molecule has 0 aliphatic carbocycles. The van der Waals surface area contributed by atoms with Gasteiger partial charge in [-0.3, -0.25) is 4.79 Å². The van der Waals surface area contributed by atoms with Crippen LogP contribution in [-0.4, -0.2) is 67.2 Å². The van der Waals surface area contributed by atoms with Crippen molar-refractivity contribution in [1.82, 2.24) is 24.4 Å². The van der Waals surface area contributed by atoms with Gasteiger partial charge in [-0.05, 0) is 19.4 Å². The SMILES string of the molecule is NCCCC[C@@H](N)C(=O)N1C[C@H](O)[C@@H](n2cnc3c(N)ncnc32)C1. The van der Waals surface area contributed by atoms with Gasteiger partial charge in [0.05, 0.1) is 24.5 Å². The van der Waals surface area contributed by atoms with Crippen LogP contribution in [0.1, 0.15) is 25.3 Å². The molecule has 10 nitrogen and oxygen atoms in total. The maximum Gasteiger partial charge on any atom is 0.239 e. The standard InChI is InChI=1S/C15H24N8O2/c16-4-2-1-3-9(17)15(25)22-5-10(11(24)6-22)23-8-21-12-13(18)19-7-20-14(12)23/h7-11,24H,1-6,16-17H2,(H2,18,19,20)/t9-,10+,11+/m1/s1. The van der Waals surface area contributed by atoms with Crippen molar-refractivity contribution in [1.29, 1.82) is 0 Å². The number of carbonyl (C=O) groups is 1. The highest BCUT2D eigenvalue weighted by Gasteiger charge is 2.37. The Hall–Kier alpha value is -2.30. The molecular formula is C15H24N8O2. The van der Waals surface area contributed by atoms with E-state index in [0.29, 0.717) is 30.7 Å². The third-order valence-corrected chi connectivity index (χ3v) is 4.60. The molecule has 0 unspecified atom stereocenters. The van der Waals surface area contributed by atoms with Crippen molar-refractivity contribution in [2.75, 3.05) is 25.4 Å². The van der Waals surface area contributed by atoms with Gasteiger partial charge in [-0.2, -0.15) is 0 Å². The number of nitrogens with zero attached hydrogens (tertiary/aromatic N) is 5. The monoisotopic (exact) mass is 348 g/mol. The number of hydrogen-bond acceptors (Lipinski definition) is 8. The fraction of sp³-hybridized carbons (Fsp3) is 0.600. The number of β-amino-alcohol motifs (C(OH)–C–C–N with tert-alkyl or cyclic N) is 1. The summed E-state index contributed by atoms with van der Waals surface area (Å²) in [6.45, 7) is 1.17. The second-order valence-corrected chi connectivity index (χ2v) is 6.35. The Morgan fingerprint density at radius 1 is 1.32 bits per heavy atom. The predicted octanol–water partition coefficient (Wildman–Crippen LogP) is -1.39. The summed E-state index contributed by atoms with van der Waals surface area (Å²) < 4.78 is 1.74. The number of fused-ring (bicyclic) bond motifs is 1. The van der Waals surface area contributed by atoms with Gasteiger partial charge in [-0.1, -0.05) is 6.42 Å². The molecule has 25 heavy (non-hydrogen) atoms. The van der Waals surface area contributed by atoms with Crippen LogP contribution in [0.15, 0.2) is 12.7 Å². The number of amides is 1. The number of likely N-dealkylation sites (tertiary alicyclic amines) is 1. The largest absolute Gasteiger partial charge is 0.389 e. The molecular weight excluding hydrogens is 324 g/mol. The zero-order valence-electron chi connectivity index (χ0n) is 14.0. The summed E-state index contributed by atoms with van der Waals surface area (Å²) >= 11 is 0. The summed E-state index contributed by atoms with van der Waals surface area (Å²) in [5.74, 6) is 0.128. The first-order valence-corrected chi connectivity index (χ1v) is 8.38. The van der Waals surface area contributed by atoms with Crippen LogP contribution in [0.3, 0.4) is 0 Å². The average molecular weight is 348 g/mol. The van der Waals surface area contributed by atoms with E-state index in [1.807, 2.05) is 0 Å². The molecule has 1 fully saturated rings. The van der Waals surface area contributed by atoms with Crippen LogP contribution in [0.5, 0.6) is 0 Å². The van der Waals surface area contributed by atoms with Crippen LogP contribution in [0.4, 0.5) is 5.82 Å². The maximum absolute atomic E-state index is 12.5. The Kier molecular flexibility index (Phi) is 5.11. The van der Waals surface area contributed by atoms with E-state index < -0.39 is 12.1 Å². The fourth-order valence-corrected chi connectivity index (χ4v) is 3.20. The van der Waals surface area contributed by atoms with Crippen molar-refractivity contribution in [2.45, 2.75) is 37.5 Å². The number of aliphatic hydroxyl groups is 1. The highest BCUT2D eigenvalue weighted by atomic mass is 16.3. The minimum absolute atomic E-state index is 0.155. The lowest BCUT2D eigenvalue weighted by Crippen LogP contribution is -2.43. The average Bonchev–Trinajstić information content (AvgIpc) is 3.18. The number of carbonyl (C=O) groups excluding carboxylic acids is 1. The Labute approximate surface area is 145 Å². The number of nitrogens with two attached hydrogens (primary N) is 3. The molecule has 0 saturated carbocycles. The van der Waals surface area contributed by atoms with Gasteiger partial charge in [0, 0.05) is 13.1 Å². The first-order valence-electron chi connectivity index (χ1n) is 8.38. The van der Waals surface area contributed by atoms with Crippen LogP contribution in [0.2, 0.25) is 0 Å².